The van der Waals surface area contributed by atoms with Crippen LogP contribution in [0.4, 0.5) is 0 Å². The van der Waals surface area contributed by atoms with Crippen LogP contribution >= 0.6 is 0 Å². The first kappa shape index (κ1) is 15.1. The summed E-state index contributed by atoms with van der Waals surface area (Å²) in [6.07, 6.45) is 0. The van der Waals surface area contributed by atoms with Gasteiger partial charge in [0.15, 0.2) is 0 Å². The van der Waals surface area contributed by atoms with Crippen molar-refractivity contribution >= 4 is 7.12 Å². The van der Waals surface area contributed by atoms with Gasteiger partial charge in [0, 0.05) is 0 Å². The molecule has 20 heavy (non-hydrogen) atoms. The van der Waals surface area contributed by atoms with Crippen LogP contribution in [0.2, 0.25) is 0 Å². The van der Waals surface area contributed by atoms with Crippen molar-refractivity contribution in [3.05, 3.63) is 35.9 Å². The fraction of sp³-hybridized carbons (Fsp3) is 0.500. The van der Waals surface area contributed by atoms with Crippen LogP contribution in [-0.2, 0) is 20.7 Å². The fourth-order valence-electron chi connectivity index (χ4n) is 1.82. The van der Waals surface area contributed by atoms with E-state index in [2.05, 4.69) is 11.7 Å². The zero-order chi connectivity index (χ0) is 14.6. The summed E-state index contributed by atoms with van der Waals surface area (Å²) in [5.41, 5.74) is 0.471. The summed E-state index contributed by atoms with van der Waals surface area (Å²) >= 11 is 0. The van der Waals surface area contributed by atoms with E-state index < -0.39 is 7.12 Å². The summed E-state index contributed by atoms with van der Waals surface area (Å²) in [7, 11) is -0.472. The highest BCUT2D eigenvalue weighted by atomic mass is 16.7. The van der Waals surface area contributed by atoms with E-state index in [9.17, 15) is 0 Å². The normalized spacial score (nSPS) is 19.5. The van der Waals surface area contributed by atoms with Gasteiger partial charge in [0.25, 0.3) is 0 Å². The molecule has 0 amide bonds. The van der Waals surface area contributed by atoms with E-state index in [0.717, 1.165) is 5.56 Å². The van der Waals surface area contributed by atoms with Gasteiger partial charge in [-0.15, -0.1) is 0 Å². The summed E-state index contributed by atoms with van der Waals surface area (Å²) < 4.78 is 17.1. The smallest absolute Gasteiger partial charge is 0.392 e. The lowest BCUT2D eigenvalue weighted by Gasteiger charge is -2.32. The fourth-order valence-corrected chi connectivity index (χ4v) is 1.82. The van der Waals surface area contributed by atoms with Gasteiger partial charge in [0.1, 0.15) is 6.61 Å². The molecule has 0 radical (unpaired) electrons. The van der Waals surface area contributed by atoms with Gasteiger partial charge in [0.2, 0.25) is 0 Å². The zero-order valence-electron chi connectivity index (χ0n) is 12.6. The molecule has 0 saturated carbocycles. The van der Waals surface area contributed by atoms with Gasteiger partial charge in [-0.25, -0.2) is 0 Å². The first-order valence-corrected chi connectivity index (χ1v) is 6.86. The van der Waals surface area contributed by atoms with Gasteiger partial charge in [-0.3, -0.25) is 0 Å². The Hall–Kier alpha value is -1.28. The van der Waals surface area contributed by atoms with Crippen LogP contribution in [0.3, 0.4) is 0 Å². The van der Waals surface area contributed by atoms with Crippen LogP contribution in [0.5, 0.6) is 0 Å². The van der Waals surface area contributed by atoms with Crippen LogP contribution in [0, 0.1) is 11.7 Å². The first-order valence-electron chi connectivity index (χ1n) is 6.86. The molecule has 1 heterocycles. The van der Waals surface area contributed by atoms with Gasteiger partial charge in [-0.1, -0.05) is 42.1 Å². The van der Waals surface area contributed by atoms with Gasteiger partial charge >= 0.3 is 7.12 Å². The standard InChI is InChI=1S/C16H21BO3/c1-15(2)16(3,4)20-17(19-15)11-8-12-18-13-14-9-6-5-7-10-14/h5-7,9-10H,12-13H2,1-4H3. The predicted octanol–water partition coefficient (Wildman–Crippen LogP) is 2.84. The van der Waals surface area contributed by atoms with E-state index in [0.29, 0.717) is 13.2 Å². The molecular formula is C16H21BO3. The van der Waals surface area contributed by atoms with E-state index in [-0.39, 0.29) is 11.2 Å². The molecule has 1 aromatic rings. The van der Waals surface area contributed by atoms with Crippen LogP contribution in [-0.4, -0.2) is 24.9 Å². The first-order chi connectivity index (χ1) is 9.41. The average Bonchev–Trinajstić information content (AvgIpc) is 2.58. The Morgan fingerprint density at radius 2 is 1.65 bits per heavy atom. The van der Waals surface area contributed by atoms with E-state index in [4.69, 9.17) is 14.0 Å². The van der Waals surface area contributed by atoms with E-state index >= 15 is 0 Å². The summed E-state index contributed by atoms with van der Waals surface area (Å²) in [4.78, 5) is 0. The van der Waals surface area contributed by atoms with Crippen LogP contribution < -0.4 is 0 Å². The highest BCUT2D eigenvalue weighted by molar-refractivity contribution is 6.55. The maximum absolute atomic E-state index is 5.78. The molecule has 2 rings (SSSR count). The van der Waals surface area contributed by atoms with Crippen molar-refractivity contribution in [3.63, 3.8) is 0 Å². The molecular weight excluding hydrogens is 251 g/mol. The third-order valence-electron chi connectivity index (χ3n) is 3.76. The zero-order valence-corrected chi connectivity index (χ0v) is 12.6. The van der Waals surface area contributed by atoms with Crippen LogP contribution in [0.15, 0.2) is 30.3 Å². The molecule has 1 fully saturated rings. The number of hydrogen-bond acceptors (Lipinski definition) is 3. The van der Waals surface area contributed by atoms with Gasteiger partial charge in [-0.2, -0.15) is 0 Å². The molecule has 0 N–H and O–H groups in total. The maximum atomic E-state index is 5.78. The minimum Gasteiger partial charge on any atom is -0.392 e. The topological polar surface area (TPSA) is 27.7 Å². The molecule has 4 heteroatoms. The van der Waals surface area contributed by atoms with Crippen LogP contribution in [0.1, 0.15) is 33.3 Å². The van der Waals surface area contributed by atoms with E-state index in [1.807, 2.05) is 58.0 Å². The Morgan fingerprint density at radius 1 is 1.05 bits per heavy atom. The van der Waals surface area contributed by atoms with Gasteiger partial charge < -0.3 is 14.0 Å². The number of rotatable bonds is 3. The summed E-state index contributed by atoms with van der Waals surface area (Å²) in [5, 5.41) is 0. The van der Waals surface area contributed by atoms with E-state index in [1.165, 1.54) is 0 Å². The minimum atomic E-state index is -0.472. The second-order valence-electron chi connectivity index (χ2n) is 5.89. The number of hydrogen-bond donors (Lipinski definition) is 0. The second-order valence-corrected chi connectivity index (χ2v) is 5.89. The summed E-state index contributed by atoms with van der Waals surface area (Å²) in [6, 6.07) is 10.0. The Kier molecular flexibility index (Phi) is 4.54. The third-order valence-corrected chi connectivity index (χ3v) is 3.76. The molecule has 0 atom stereocenters. The molecule has 3 nitrogen and oxygen atoms in total. The van der Waals surface area contributed by atoms with Crippen molar-refractivity contribution in [1.82, 2.24) is 0 Å². The molecule has 1 aliphatic heterocycles. The number of ether oxygens (including phenoxy) is 1. The Morgan fingerprint density at radius 3 is 2.25 bits per heavy atom. The molecule has 1 aromatic carbocycles. The minimum absolute atomic E-state index is 0.336. The van der Waals surface area contributed by atoms with Crippen molar-refractivity contribution in [1.29, 1.82) is 0 Å². The van der Waals surface area contributed by atoms with Crippen molar-refractivity contribution in [3.8, 4) is 11.7 Å². The van der Waals surface area contributed by atoms with Crippen LogP contribution in [0.25, 0.3) is 0 Å². The lowest BCUT2D eigenvalue weighted by Crippen LogP contribution is -2.41. The van der Waals surface area contributed by atoms with E-state index in [1.54, 1.807) is 0 Å². The highest BCUT2D eigenvalue weighted by Crippen LogP contribution is 2.36. The lowest BCUT2D eigenvalue weighted by molar-refractivity contribution is 0.00578. The molecule has 1 saturated heterocycles. The average molecular weight is 272 g/mol. The Balaban J connectivity index is 1.76. The predicted molar refractivity (Wildman–Crippen MR) is 80.0 cm³/mol. The number of benzene rings is 1. The molecule has 106 valence electrons. The van der Waals surface area contributed by atoms with Crippen molar-refractivity contribution in [2.45, 2.75) is 45.5 Å². The van der Waals surface area contributed by atoms with Crippen molar-refractivity contribution in [2.75, 3.05) is 6.61 Å². The lowest BCUT2D eigenvalue weighted by atomic mass is 9.90. The summed E-state index contributed by atoms with van der Waals surface area (Å²) in [5.74, 6) is 5.91. The molecule has 0 spiro atoms. The molecule has 0 bridgehead atoms. The van der Waals surface area contributed by atoms with Crippen molar-refractivity contribution in [2.24, 2.45) is 0 Å². The maximum Gasteiger partial charge on any atom is 0.551 e. The highest BCUT2D eigenvalue weighted by Gasteiger charge is 2.50. The SMILES string of the molecule is CC1(C)OB(C#CCOCc2ccccc2)OC1(C)C. The summed E-state index contributed by atoms with van der Waals surface area (Å²) in [6.45, 7) is 9.00. The quantitative estimate of drug-likeness (QED) is 0.481. The monoisotopic (exact) mass is 272 g/mol. The largest absolute Gasteiger partial charge is 0.551 e. The van der Waals surface area contributed by atoms with Gasteiger partial charge in [0.05, 0.1) is 17.8 Å². The molecule has 0 aromatic heterocycles. The third kappa shape index (κ3) is 3.64. The second kappa shape index (κ2) is 6.01. The molecule has 1 aliphatic rings. The Bertz CT molecular complexity index is 483. The molecule has 0 unspecified atom stereocenters. The van der Waals surface area contributed by atoms with Crippen molar-refractivity contribution < 1.29 is 14.0 Å². The Labute approximate surface area is 121 Å². The van der Waals surface area contributed by atoms with Gasteiger partial charge in [-0.05, 0) is 33.3 Å². The molecule has 0 aliphatic carbocycles.